The number of rotatable bonds is 1. The number of aromatic hydroxyl groups is 1. The van der Waals surface area contributed by atoms with Gasteiger partial charge in [-0.1, -0.05) is 15.9 Å². The van der Waals surface area contributed by atoms with Crippen LogP contribution in [0.2, 0.25) is 0 Å². The third-order valence-corrected chi connectivity index (χ3v) is 4.52. The molecule has 0 aliphatic heterocycles. The Morgan fingerprint density at radius 1 is 1.05 bits per heavy atom. The molecule has 2 heterocycles. The van der Waals surface area contributed by atoms with E-state index in [9.17, 15) is 9.90 Å². The highest BCUT2D eigenvalue weighted by molar-refractivity contribution is 9.11. The van der Waals surface area contributed by atoms with Gasteiger partial charge in [0.1, 0.15) is 11.4 Å². The number of nitrogens with zero attached hydrogens (tertiary/aromatic N) is 1. The minimum Gasteiger partial charge on any atom is -0.505 e. The number of aromatic nitrogens is 1. The summed E-state index contributed by atoms with van der Waals surface area (Å²) in [4.78, 5) is 16.3. The fourth-order valence-corrected chi connectivity index (χ4v) is 3.49. The van der Waals surface area contributed by atoms with Crippen LogP contribution in [0.15, 0.2) is 53.1 Å². The van der Waals surface area contributed by atoms with Crippen LogP contribution >= 0.6 is 47.8 Å². The lowest BCUT2D eigenvalue weighted by Gasteiger charge is -2.05. The summed E-state index contributed by atoms with van der Waals surface area (Å²) in [6, 6.07) is 6.48. The van der Waals surface area contributed by atoms with Crippen molar-refractivity contribution >= 4 is 58.8 Å². The third-order valence-electron chi connectivity index (χ3n) is 2.83. The lowest BCUT2D eigenvalue weighted by molar-refractivity contribution is 0.469. The summed E-state index contributed by atoms with van der Waals surface area (Å²) in [6.07, 6.45) is 1.29. The molecule has 2 aromatic heterocycles. The molecular formula is C14H6Br3NO3. The second kappa shape index (κ2) is 5.55. The van der Waals surface area contributed by atoms with Gasteiger partial charge in [0.25, 0.3) is 0 Å². The fourth-order valence-electron chi connectivity index (χ4n) is 1.87. The molecule has 106 valence electrons. The number of hydrogen-bond acceptors (Lipinski definition) is 4. The van der Waals surface area contributed by atoms with Crippen LogP contribution in [0.1, 0.15) is 0 Å². The average Bonchev–Trinajstić information content (AvgIpc) is 2.43. The molecule has 0 saturated carbocycles. The van der Waals surface area contributed by atoms with E-state index < -0.39 is 0 Å². The van der Waals surface area contributed by atoms with Crippen molar-refractivity contribution in [1.82, 2.24) is 4.98 Å². The Morgan fingerprint density at radius 3 is 2.52 bits per heavy atom. The van der Waals surface area contributed by atoms with Crippen LogP contribution in [0.4, 0.5) is 0 Å². The van der Waals surface area contributed by atoms with Crippen molar-refractivity contribution in [2.24, 2.45) is 0 Å². The monoisotopic (exact) mass is 473 g/mol. The Balaban J connectivity index is 2.30. The van der Waals surface area contributed by atoms with E-state index >= 15 is 0 Å². The fraction of sp³-hybridized carbons (Fsp3) is 0. The van der Waals surface area contributed by atoms with E-state index in [1.54, 1.807) is 18.2 Å². The van der Waals surface area contributed by atoms with Crippen LogP contribution in [-0.4, -0.2) is 10.1 Å². The Bertz CT molecular complexity index is 921. The van der Waals surface area contributed by atoms with Gasteiger partial charge in [-0.25, -0.2) is 4.98 Å². The molecule has 1 aromatic carbocycles. The van der Waals surface area contributed by atoms with Crippen LogP contribution in [-0.2, 0) is 0 Å². The quantitative estimate of drug-likeness (QED) is 0.546. The van der Waals surface area contributed by atoms with Crippen LogP contribution in [0.3, 0.4) is 0 Å². The molecule has 3 rings (SSSR count). The summed E-state index contributed by atoms with van der Waals surface area (Å²) in [5.74, 6) is 0.350. The van der Waals surface area contributed by atoms with E-state index in [1.165, 1.54) is 12.3 Å². The second-order valence-corrected chi connectivity index (χ2v) is 6.88. The predicted octanol–water partition coefficient (Wildman–Crippen LogP) is 4.85. The molecule has 4 nitrogen and oxygen atoms in total. The molecule has 21 heavy (non-hydrogen) atoms. The molecule has 0 amide bonds. The summed E-state index contributed by atoms with van der Waals surface area (Å²) < 4.78 is 7.71. The predicted molar refractivity (Wildman–Crippen MR) is 90.5 cm³/mol. The molecule has 3 aromatic rings. The largest absolute Gasteiger partial charge is 0.505 e. The Labute approximate surface area is 144 Å². The first-order valence-corrected chi connectivity index (χ1v) is 8.11. The molecule has 0 spiro atoms. The SMILES string of the molecule is O=c1cc(-c2cc(Br)c(O)cn2)oc2c(Br)cc(Br)cc12. The molecule has 0 radical (unpaired) electrons. The van der Waals surface area contributed by atoms with E-state index in [2.05, 4.69) is 52.8 Å². The topological polar surface area (TPSA) is 63.3 Å². The zero-order valence-electron chi connectivity index (χ0n) is 10.2. The Morgan fingerprint density at radius 2 is 1.81 bits per heavy atom. The summed E-state index contributed by atoms with van der Waals surface area (Å²) in [6.45, 7) is 0. The van der Waals surface area contributed by atoms with Crippen molar-refractivity contribution in [1.29, 1.82) is 0 Å². The number of pyridine rings is 1. The van der Waals surface area contributed by atoms with Crippen molar-refractivity contribution in [3.8, 4) is 17.2 Å². The first kappa shape index (κ1) is 14.7. The molecule has 1 N–H and O–H groups in total. The number of fused-ring (bicyclic) bond motifs is 1. The highest BCUT2D eigenvalue weighted by Gasteiger charge is 2.12. The Hall–Kier alpha value is -1.18. The van der Waals surface area contributed by atoms with Crippen LogP contribution in [0.5, 0.6) is 5.75 Å². The van der Waals surface area contributed by atoms with Crippen molar-refractivity contribution in [2.75, 3.05) is 0 Å². The zero-order chi connectivity index (χ0) is 15.1. The van der Waals surface area contributed by atoms with Gasteiger partial charge in [-0.2, -0.15) is 0 Å². The van der Waals surface area contributed by atoms with Crippen molar-refractivity contribution in [3.05, 3.63) is 54.1 Å². The van der Waals surface area contributed by atoms with Crippen LogP contribution < -0.4 is 5.43 Å². The van der Waals surface area contributed by atoms with E-state index in [-0.39, 0.29) is 11.2 Å². The molecule has 0 saturated heterocycles. The third kappa shape index (κ3) is 2.77. The van der Waals surface area contributed by atoms with Gasteiger partial charge in [-0.05, 0) is 50.1 Å². The number of halogens is 3. The standard InChI is InChI=1S/C14H6Br3NO3/c15-6-1-7-11(19)4-13(21-14(7)9(17)2-6)10-3-8(16)12(20)5-18-10/h1-5,20H. The zero-order valence-corrected chi connectivity index (χ0v) is 15.0. The summed E-state index contributed by atoms with van der Waals surface area (Å²) in [7, 11) is 0. The number of hydrogen-bond donors (Lipinski definition) is 1. The summed E-state index contributed by atoms with van der Waals surface area (Å²) >= 11 is 9.93. The lowest BCUT2D eigenvalue weighted by atomic mass is 10.2. The van der Waals surface area contributed by atoms with Crippen LogP contribution in [0, 0.1) is 0 Å². The molecule has 0 aliphatic rings. The molecule has 0 atom stereocenters. The van der Waals surface area contributed by atoms with Crippen LogP contribution in [0.25, 0.3) is 22.4 Å². The minimum atomic E-state index is -0.167. The lowest BCUT2D eigenvalue weighted by Crippen LogP contribution is -2.01. The van der Waals surface area contributed by atoms with E-state index in [1.807, 2.05) is 0 Å². The Kier molecular flexibility index (Phi) is 3.90. The van der Waals surface area contributed by atoms with E-state index in [0.717, 1.165) is 4.47 Å². The molecule has 0 fully saturated rings. The normalized spacial score (nSPS) is 11.0. The first-order valence-electron chi connectivity index (χ1n) is 5.73. The van der Waals surface area contributed by atoms with Gasteiger partial charge in [0.2, 0.25) is 0 Å². The maximum absolute atomic E-state index is 12.2. The minimum absolute atomic E-state index is 0.0204. The van der Waals surface area contributed by atoms with E-state index in [4.69, 9.17) is 4.42 Å². The maximum Gasteiger partial charge on any atom is 0.193 e. The van der Waals surface area contributed by atoms with Gasteiger partial charge in [0.05, 0.1) is 20.5 Å². The first-order chi connectivity index (χ1) is 9.95. The maximum atomic E-state index is 12.2. The smallest absolute Gasteiger partial charge is 0.193 e. The van der Waals surface area contributed by atoms with Gasteiger partial charge in [-0.15, -0.1) is 0 Å². The molecule has 7 heteroatoms. The molecule has 0 unspecified atom stereocenters. The van der Waals surface area contributed by atoms with Gasteiger partial charge in [0, 0.05) is 10.5 Å². The number of benzene rings is 1. The van der Waals surface area contributed by atoms with E-state index in [0.29, 0.717) is 31.4 Å². The summed E-state index contributed by atoms with van der Waals surface area (Å²) in [5.41, 5.74) is 0.736. The molecular weight excluding hydrogens is 470 g/mol. The van der Waals surface area contributed by atoms with Crippen molar-refractivity contribution < 1.29 is 9.52 Å². The second-order valence-electron chi connectivity index (χ2n) is 4.26. The highest BCUT2D eigenvalue weighted by Crippen LogP contribution is 2.31. The summed E-state index contributed by atoms with van der Waals surface area (Å²) in [5, 5.41) is 9.95. The average molecular weight is 476 g/mol. The molecule has 0 bridgehead atoms. The van der Waals surface area contributed by atoms with Crippen molar-refractivity contribution in [2.45, 2.75) is 0 Å². The van der Waals surface area contributed by atoms with Gasteiger partial charge < -0.3 is 9.52 Å². The molecule has 0 aliphatic carbocycles. The van der Waals surface area contributed by atoms with Gasteiger partial charge in [0.15, 0.2) is 16.8 Å². The highest BCUT2D eigenvalue weighted by atomic mass is 79.9. The van der Waals surface area contributed by atoms with Crippen molar-refractivity contribution in [3.63, 3.8) is 0 Å². The van der Waals surface area contributed by atoms with Gasteiger partial charge >= 0.3 is 0 Å². The van der Waals surface area contributed by atoms with Gasteiger partial charge in [-0.3, -0.25) is 4.79 Å².